The minimum atomic E-state index is -3.78. The van der Waals surface area contributed by atoms with E-state index in [1.807, 2.05) is 18.4 Å². The Morgan fingerprint density at radius 1 is 1.15 bits per heavy atom. The van der Waals surface area contributed by atoms with Crippen molar-refractivity contribution in [1.82, 2.24) is 4.98 Å². The van der Waals surface area contributed by atoms with Gasteiger partial charge >= 0.3 is 0 Å². The zero-order valence-corrected chi connectivity index (χ0v) is 16.4. The molecule has 0 saturated carbocycles. The lowest BCUT2D eigenvalue weighted by Gasteiger charge is -2.11. The molecule has 2 aromatic carbocycles. The number of ether oxygens (including phenoxy) is 1. The SMILES string of the molecule is COc1ccc(S(=O)(=O)Nc2cccc(Nc3nc(C)cs3)c2)cc1Cl. The van der Waals surface area contributed by atoms with Crippen LogP contribution in [0.2, 0.25) is 5.02 Å². The molecule has 1 aromatic heterocycles. The molecule has 2 N–H and O–H groups in total. The molecule has 1 heterocycles. The summed E-state index contributed by atoms with van der Waals surface area (Å²) in [7, 11) is -2.31. The van der Waals surface area contributed by atoms with Crippen LogP contribution < -0.4 is 14.8 Å². The maximum absolute atomic E-state index is 12.6. The number of hydrogen-bond donors (Lipinski definition) is 2. The van der Waals surface area contributed by atoms with Crippen LogP contribution in [0, 0.1) is 6.92 Å². The number of methoxy groups -OCH3 is 1. The quantitative estimate of drug-likeness (QED) is 0.619. The van der Waals surface area contributed by atoms with E-state index in [0.29, 0.717) is 11.4 Å². The van der Waals surface area contributed by atoms with Crippen molar-refractivity contribution in [2.24, 2.45) is 0 Å². The van der Waals surface area contributed by atoms with Gasteiger partial charge in [-0.3, -0.25) is 4.72 Å². The van der Waals surface area contributed by atoms with E-state index in [0.717, 1.165) is 16.5 Å². The van der Waals surface area contributed by atoms with Crippen molar-refractivity contribution < 1.29 is 13.2 Å². The molecule has 0 bridgehead atoms. The lowest BCUT2D eigenvalue weighted by atomic mass is 10.3. The average Bonchev–Trinajstić information content (AvgIpc) is 2.99. The maximum Gasteiger partial charge on any atom is 0.261 e. The van der Waals surface area contributed by atoms with Crippen molar-refractivity contribution in [2.75, 3.05) is 17.1 Å². The number of anilines is 3. The normalized spacial score (nSPS) is 11.2. The minimum Gasteiger partial charge on any atom is -0.495 e. The molecule has 136 valence electrons. The Morgan fingerprint density at radius 2 is 1.92 bits per heavy atom. The Balaban J connectivity index is 1.81. The molecule has 0 aliphatic carbocycles. The molecule has 0 aliphatic rings. The fraction of sp³-hybridized carbons (Fsp3) is 0.118. The lowest BCUT2D eigenvalue weighted by Crippen LogP contribution is -2.13. The summed E-state index contributed by atoms with van der Waals surface area (Å²) >= 11 is 7.50. The number of nitrogens with zero attached hydrogens (tertiary/aromatic N) is 1. The lowest BCUT2D eigenvalue weighted by molar-refractivity contribution is 0.414. The number of sulfonamides is 1. The van der Waals surface area contributed by atoms with Gasteiger partial charge in [-0.2, -0.15) is 0 Å². The van der Waals surface area contributed by atoms with Crippen LogP contribution in [-0.2, 0) is 10.0 Å². The van der Waals surface area contributed by atoms with Crippen molar-refractivity contribution in [2.45, 2.75) is 11.8 Å². The average molecular weight is 410 g/mol. The van der Waals surface area contributed by atoms with Gasteiger partial charge in [-0.1, -0.05) is 17.7 Å². The first-order valence-corrected chi connectivity index (χ1v) is 10.3. The zero-order valence-electron chi connectivity index (χ0n) is 14.0. The van der Waals surface area contributed by atoms with Gasteiger partial charge in [-0.05, 0) is 43.3 Å². The first-order chi connectivity index (χ1) is 12.4. The Kier molecular flexibility index (Phi) is 5.36. The predicted molar refractivity (Wildman–Crippen MR) is 105 cm³/mol. The second-order valence-corrected chi connectivity index (χ2v) is 8.35. The highest BCUT2D eigenvalue weighted by Crippen LogP contribution is 2.29. The van der Waals surface area contributed by atoms with Crippen LogP contribution >= 0.6 is 22.9 Å². The van der Waals surface area contributed by atoms with Gasteiger partial charge in [0.15, 0.2) is 5.13 Å². The van der Waals surface area contributed by atoms with E-state index >= 15 is 0 Å². The number of thiazole rings is 1. The smallest absolute Gasteiger partial charge is 0.261 e. The highest BCUT2D eigenvalue weighted by molar-refractivity contribution is 7.92. The van der Waals surface area contributed by atoms with E-state index in [9.17, 15) is 8.42 Å². The molecule has 6 nitrogen and oxygen atoms in total. The zero-order chi connectivity index (χ0) is 18.7. The van der Waals surface area contributed by atoms with Crippen molar-refractivity contribution in [1.29, 1.82) is 0 Å². The summed E-state index contributed by atoms with van der Waals surface area (Å²) in [6.07, 6.45) is 0. The molecule has 0 spiro atoms. The first-order valence-electron chi connectivity index (χ1n) is 7.53. The van der Waals surface area contributed by atoms with Gasteiger partial charge in [0.2, 0.25) is 0 Å². The molecule has 9 heteroatoms. The molecule has 0 aliphatic heterocycles. The van der Waals surface area contributed by atoms with Gasteiger partial charge in [0, 0.05) is 11.1 Å². The molecule has 0 radical (unpaired) electrons. The Labute approximate surface area is 160 Å². The first kappa shape index (κ1) is 18.5. The summed E-state index contributed by atoms with van der Waals surface area (Å²) in [6, 6.07) is 11.2. The Hall–Kier alpha value is -2.29. The summed E-state index contributed by atoms with van der Waals surface area (Å²) in [5.41, 5.74) is 2.08. The van der Waals surface area contributed by atoms with Gasteiger partial charge in [-0.15, -0.1) is 11.3 Å². The number of aryl methyl sites for hydroxylation is 1. The summed E-state index contributed by atoms with van der Waals surface area (Å²) in [5.74, 6) is 0.413. The molecule has 0 unspecified atom stereocenters. The van der Waals surface area contributed by atoms with Gasteiger partial charge in [0.25, 0.3) is 10.0 Å². The number of hydrogen-bond acceptors (Lipinski definition) is 6. The van der Waals surface area contributed by atoms with E-state index in [1.54, 1.807) is 18.2 Å². The fourth-order valence-corrected chi connectivity index (χ4v) is 4.33. The van der Waals surface area contributed by atoms with Gasteiger partial charge < -0.3 is 10.1 Å². The molecule has 26 heavy (non-hydrogen) atoms. The molecule has 3 rings (SSSR count). The minimum absolute atomic E-state index is 0.0530. The van der Waals surface area contributed by atoms with Gasteiger partial charge in [-0.25, -0.2) is 13.4 Å². The van der Waals surface area contributed by atoms with Crippen LogP contribution in [0.1, 0.15) is 5.69 Å². The standard InChI is InChI=1S/C17H16ClN3O3S2/c1-11-10-25-17(19-11)20-12-4-3-5-13(8-12)21-26(22,23)14-6-7-16(24-2)15(18)9-14/h3-10,21H,1-2H3,(H,19,20). The second kappa shape index (κ2) is 7.53. The maximum atomic E-state index is 12.6. The predicted octanol–water partition coefficient (Wildman–Crippen LogP) is 4.66. The highest BCUT2D eigenvalue weighted by atomic mass is 35.5. The van der Waals surface area contributed by atoms with E-state index in [1.165, 1.54) is 36.6 Å². The third-order valence-electron chi connectivity index (χ3n) is 3.42. The molecule has 3 aromatic rings. The van der Waals surface area contributed by atoms with E-state index in [2.05, 4.69) is 15.0 Å². The van der Waals surface area contributed by atoms with E-state index < -0.39 is 10.0 Å². The summed E-state index contributed by atoms with van der Waals surface area (Å²) in [4.78, 5) is 4.38. The Morgan fingerprint density at radius 3 is 2.58 bits per heavy atom. The van der Waals surface area contributed by atoms with Crippen LogP contribution in [0.4, 0.5) is 16.5 Å². The highest BCUT2D eigenvalue weighted by Gasteiger charge is 2.16. The summed E-state index contributed by atoms with van der Waals surface area (Å²) < 4.78 is 32.8. The van der Waals surface area contributed by atoms with Crippen molar-refractivity contribution in [3.63, 3.8) is 0 Å². The number of rotatable bonds is 6. The fourth-order valence-electron chi connectivity index (χ4n) is 2.22. The molecular formula is C17H16ClN3O3S2. The number of benzene rings is 2. The number of nitrogens with one attached hydrogen (secondary N) is 2. The molecule has 0 amide bonds. The molecule has 0 saturated heterocycles. The van der Waals surface area contributed by atoms with E-state index in [-0.39, 0.29) is 9.92 Å². The summed E-state index contributed by atoms with van der Waals surface area (Å²) in [5, 5.41) is 6.05. The topological polar surface area (TPSA) is 80.3 Å². The molecule has 0 fully saturated rings. The van der Waals surface area contributed by atoms with Gasteiger partial charge in [0.05, 0.1) is 28.4 Å². The van der Waals surface area contributed by atoms with Gasteiger partial charge in [0.1, 0.15) is 5.75 Å². The van der Waals surface area contributed by atoms with E-state index in [4.69, 9.17) is 16.3 Å². The largest absolute Gasteiger partial charge is 0.495 e. The number of halogens is 1. The number of aromatic nitrogens is 1. The monoisotopic (exact) mass is 409 g/mol. The second-order valence-electron chi connectivity index (χ2n) is 5.40. The van der Waals surface area contributed by atoms with Crippen molar-refractivity contribution in [3.8, 4) is 5.75 Å². The van der Waals surface area contributed by atoms with Crippen LogP contribution in [0.25, 0.3) is 0 Å². The van der Waals surface area contributed by atoms with Crippen LogP contribution in [-0.4, -0.2) is 20.5 Å². The molecule has 0 atom stereocenters. The van der Waals surface area contributed by atoms with Crippen LogP contribution in [0.15, 0.2) is 52.7 Å². The van der Waals surface area contributed by atoms with Crippen molar-refractivity contribution in [3.05, 3.63) is 58.6 Å². The molecular weight excluding hydrogens is 394 g/mol. The third kappa shape index (κ3) is 4.27. The third-order valence-corrected chi connectivity index (χ3v) is 5.97. The Bertz CT molecular complexity index is 1040. The van der Waals surface area contributed by atoms with Crippen LogP contribution in [0.3, 0.4) is 0 Å². The summed E-state index contributed by atoms with van der Waals surface area (Å²) in [6.45, 7) is 1.91. The van der Waals surface area contributed by atoms with Crippen molar-refractivity contribution >= 4 is 49.5 Å². The van der Waals surface area contributed by atoms with Crippen LogP contribution in [0.5, 0.6) is 5.75 Å².